The van der Waals surface area contributed by atoms with E-state index in [9.17, 15) is 8.42 Å². The van der Waals surface area contributed by atoms with Gasteiger partial charge in [0.15, 0.2) is 9.84 Å². The first-order chi connectivity index (χ1) is 12.0. The molecule has 1 heterocycles. The van der Waals surface area contributed by atoms with Crippen LogP contribution in [0.2, 0.25) is 0 Å². The number of unbranched alkanes of at least 4 members (excludes halogenated alkanes) is 2. The molecule has 0 aliphatic carbocycles. The van der Waals surface area contributed by atoms with Gasteiger partial charge < -0.3 is 9.47 Å². The molecule has 0 radical (unpaired) electrons. The van der Waals surface area contributed by atoms with Crippen LogP contribution in [0.3, 0.4) is 0 Å². The maximum atomic E-state index is 12.2. The second kappa shape index (κ2) is 8.83. The van der Waals surface area contributed by atoms with Gasteiger partial charge in [-0.2, -0.15) is 5.26 Å². The van der Waals surface area contributed by atoms with Gasteiger partial charge in [-0.25, -0.2) is 13.4 Å². The van der Waals surface area contributed by atoms with E-state index in [1.807, 2.05) is 18.2 Å². The highest BCUT2D eigenvalue weighted by molar-refractivity contribution is 7.90. The fourth-order valence-corrected chi connectivity index (χ4v) is 4.64. The summed E-state index contributed by atoms with van der Waals surface area (Å²) in [6.45, 7) is 0. The summed E-state index contributed by atoms with van der Waals surface area (Å²) < 4.78 is 34.9. The van der Waals surface area contributed by atoms with Gasteiger partial charge in [0.25, 0.3) is 0 Å². The lowest BCUT2D eigenvalue weighted by Crippen LogP contribution is -2.09. The van der Waals surface area contributed by atoms with E-state index in [0.717, 1.165) is 5.56 Å². The Morgan fingerprint density at radius 2 is 2.04 bits per heavy atom. The zero-order valence-corrected chi connectivity index (χ0v) is 15.8. The van der Waals surface area contributed by atoms with Crippen molar-refractivity contribution in [3.05, 3.63) is 29.3 Å². The van der Waals surface area contributed by atoms with Crippen LogP contribution in [0.1, 0.15) is 25.0 Å². The monoisotopic (exact) mass is 380 g/mol. The fourth-order valence-electron chi connectivity index (χ4n) is 2.30. The van der Waals surface area contributed by atoms with Gasteiger partial charge >= 0.3 is 0 Å². The van der Waals surface area contributed by atoms with E-state index in [1.165, 1.54) is 11.3 Å². The number of hydrogen-bond acceptors (Lipinski definition) is 7. The topological polar surface area (TPSA) is 89.3 Å². The Hall–Kier alpha value is -2.11. The van der Waals surface area contributed by atoms with E-state index < -0.39 is 9.84 Å². The van der Waals surface area contributed by atoms with Crippen LogP contribution in [0, 0.1) is 11.3 Å². The molecule has 0 unspecified atom stereocenters. The van der Waals surface area contributed by atoms with Crippen molar-refractivity contribution in [1.82, 2.24) is 4.98 Å². The maximum absolute atomic E-state index is 12.2. The normalized spacial score (nSPS) is 11.1. The lowest BCUT2D eigenvalue weighted by Gasteiger charge is -2.08. The van der Waals surface area contributed by atoms with Gasteiger partial charge in [-0.05, 0) is 25.0 Å². The summed E-state index contributed by atoms with van der Waals surface area (Å²) >= 11 is 1.38. The minimum atomic E-state index is -3.23. The van der Waals surface area contributed by atoms with Crippen LogP contribution in [0.4, 0.5) is 0 Å². The smallest absolute Gasteiger partial charge is 0.156 e. The standard InChI is InChI=1S/C17H20N2O4S2/c1-22-14-6-7-15(16(10-14)23-2)17-19-13(11-24-17)12-25(20,21)9-5-3-4-8-18/h6-7,10-11H,3-5,9,12H2,1-2H3. The molecule has 0 aliphatic rings. The molecule has 0 saturated carbocycles. The molecule has 25 heavy (non-hydrogen) atoms. The molecular weight excluding hydrogens is 360 g/mol. The minimum absolute atomic E-state index is 0.0768. The third kappa shape index (κ3) is 5.44. The van der Waals surface area contributed by atoms with Gasteiger partial charge in [-0.3, -0.25) is 0 Å². The first-order valence-electron chi connectivity index (χ1n) is 7.73. The van der Waals surface area contributed by atoms with Gasteiger partial charge in [-0.15, -0.1) is 11.3 Å². The van der Waals surface area contributed by atoms with E-state index in [4.69, 9.17) is 14.7 Å². The number of ether oxygens (including phenoxy) is 2. The summed E-state index contributed by atoms with van der Waals surface area (Å²) in [7, 11) is -0.0781. The van der Waals surface area contributed by atoms with Gasteiger partial charge in [0, 0.05) is 17.9 Å². The molecule has 0 aliphatic heterocycles. The Bertz CT molecular complexity index is 854. The molecule has 1 aromatic carbocycles. The maximum Gasteiger partial charge on any atom is 0.156 e. The van der Waals surface area contributed by atoms with Crippen molar-refractivity contribution in [2.45, 2.75) is 25.0 Å². The van der Waals surface area contributed by atoms with Crippen molar-refractivity contribution < 1.29 is 17.9 Å². The second-order valence-corrected chi connectivity index (χ2v) is 8.46. The van der Waals surface area contributed by atoms with Crippen molar-refractivity contribution in [3.63, 3.8) is 0 Å². The average Bonchev–Trinajstić information content (AvgIpc) is 3.05. The highest BCUT2D eigenvalue weighted by Crippen LogP contribution is 2.35. The average molecular weight is 380 g/mol. The predicted molar refractivity (Wildman–Crippen MR) is 97.6 cm³/mol. The Kier molecular flexibility index (Phi) is 6.79. The number of nitrogens with zero attached hydrogens (tertiary/aromatic N) is 2. The van der Waals surface area contributed by atoms with Crippen LogP contribution >= 0.6 is 11.3 Å². The van der Waals surface area contributed by atoms with Crippen molar-refractivity contribution in [2.75, 3.05) is 20.0 Å². The summed E-state index contributed by atoms with van der Waals surface area (Å²) in [5, 5.41) is 11.0. The number of nitriles is 1. The Morgan fingerprint density at radius 3 is 2.72 bits per heavy atom. The molecule has 0 atom stereocenters. The zero-order chi connectivity index (χ0) is 18.3. The number of hydrogen-bond donors (Lipinski definition) is 0. The second-order valence-electron chi connectivity index (χ2n) is 5.42. The van der Waals surface area contributed by atoms with Crippen LogP contribution in [-0.4, -0.2) is 33.4 Å². The molecule has 0 fully saturated rings. The molecule has 0 spiro atoms. The summed E-state index contributed by atoms with van der Waals surface area (Å²) in [5.41, 5.74) is 1.32. The third-order valence-electron chi connectivity index (χ3n) is 3.55. The first-order valence-corrected chi connectivity index (χ1v) is 10.4. The predicted octanol–water partition coefficient (Wildman–Crippen LogP) is 3.44. The fraction of sp³-hybridized carbons (Fsp3) is 0.412. The van der Waals surface area contributed by atoms with Gasteiger partial charge in [0.05, 0.1) is 43.1 Å². The lowest BCUT2D eigenvalue weighted by molar-refractivity contribution is 0.395. The Balaban J connectivity index is 2.11. The third-order valence-corrected chi connectivity index (χ3v) is 6.12. The van der Waals surface area contributed by atoms with Crippen LogP contribution in [-0.2, 0) is 15.6 Å². The van der Waals surface area contributed by atoms with E-state index >= 15 is 0 Å². The molecule has 8 heteroatoms. The molecule has 6 nitrogen and oxygen atoms in total. The van der Waals surface area contributed by atoms with Gasteiger partial charge in [0.1, 0.15) is 16.5 Å². The molecule has 0 N–H and O–H groups in total. The Morgan fingerprint density at radius 1 is 1.24 bits per heavy atom. The van der Waals surface area contributed by atoms with Crippen molar-refractivity contribution in [3.8, 4) is 28.1 Å². The highest BCUT2D eigenvalue weighted by atomic mass is 32.2. The molecule has 134 valence electrons. The van der Waals surface area contributed by atoms with Gasteiger partial charge in [-0.1, -0.05) is 0 Å². The molecule has 2 aromatic rings. The number of rotatable bonds is 9. The molecule has 0 bridgehead atoms. The van der Waals surface area contributed by atoms with Crippen LogP contribution in [0.25, 0.3) is 10.6 Å². The van der Waals surface area contributed by atoms with Crippen LogP contribution in [0.5, 0.6) is 11.5 Å². The lowest BCUT2D eigenvalue weighted by atomic mass is 10.2. The van der Waals surface area contributed by atoms with E-state index in [-0.39, 0.29) is 11.5 Å². The van der Waals surface area contributed by atoms with E-state index in [1.54, 1.807) is 25.7 Å². The van der Waals surface area contributed by atoms with Crippen molar-refractivity contribution in [2.24, 2.45) is 0 Å². The molecule has 0 amide bonds. The number of methoxy groups -OCH3 is 2. The largest absolute Gasteiger partial charge is 0.497 e. The van der Waals surface area contributed by atoms with E-state index in [2.05, 4.69) is 4.98 Å². The van der Waals surface area contributed by atoms with Gasteiger partial charge in [0.2, 0.25) is 0 Å². The van der Waals surface area contributed by atoms with E-state index in [0.29, 0.717) is 41.5 Å². The molecular formula is C17H20N2O4S2. The summed E-state index contributed by atoms with van der Waals surface area (Å²) in [4.78, 5) is 4.44. The highest BCUT2D eigenvalue weighted by Gasteiger charge is 2.16. The number of aromatic nitrogens is 1. The number of thiazole rings is 1. The zero-order valence-electron chi connectivity index (χ0n) is 14.2. The summed E-state index contributed by atoms with van der Waals surface area (Å²) in [6, 6.07) is 7.44. The molecule has 1 aromatic heterocycles. The summed E-state index contributed by atoms with van der Waals surface area (Å²) in [6.07, 6.45) is 1.48. The first kappa shape index (κ1) is 19.2. The quantitative estimate of drug-likeness (QED) is 0.619. The summed E-state index contributed by atoms with van der Waals surface area (Å²) in [5.74, 6) is 1.29. The van der Waals surface area contributed by atoms with Crippen molar-refractivity contribution in [1.29, 1.82) is 5.26 Å². The SMILES string of the molecule is COc1ccc(-c2nc(CS(=O)(=O)CCCCC#N)cs2)c(OC)c1. The molecule has 0 saturated heterocycles. The molecule has 2 rings (SSSR count). The van der Waals surface area contributed by atoms with Crippen molar-refractivity contribution >= 4 is 21.2 Å². The van der Waals surface area contributed by atoms with Crippen LogP contribution < -0.4 is 9.47 Å². The minimum Gasteiger partial charge on any atom is -0.497 e. The number of benzene rings is 1. The number of sulfone groups is 1. The van der Waals surface area contributed by atoms with Crippen LogP contribution in [0.15, 0.2) is 23.6 Å². The Labute approximate surface area is 152 Å².